The summed E-state index contributed by atoms with van der Waals surface area (Å²) in [7, 11) is -1.89. The van der Waals surface area contributed by atoms with Gasteiger partial charge in [-0.1, -0.05) is 44.2 Å². The number of piperazine rings is 1. The predicted molar refractivity (Wildman–Crippen MR) is 183 cm³/mol. The lowest BCUT2D eigenvalue weighted by molar-refractivity contribution is -0.0628. The van der Waals surface area contributed by atoms with Crippen LogP contribution in [0.3, 0.4) is 0 Å². The minimum absolute atomic E-state index is 0.251. The van der Waals surface area contributed by atoms with E-state index in [1.807, 2.05) is 30.3 Å². The molecule has 1 atom stereocenters. The lowest BCUT2D eigenvalue weighted by Crippen LogP contribution is -2.60. The molecule has 6 rings (SSSR count). The molecule has 0 bridgehead atoms. The number of hydrogen-bond acceptors (Lipinski definition) is 7. The number of hydrogen-bond donors (Lipinski definition) is 1. The van der Waals surface area contributed by atoms with E-state index in [0.717, 1.165) is 44.0 Å². The maximum atomic E-state index is 12.5. The molecule has 1 spiro atoms. The minimum Gasteiger partial charge on any atom is -0.495 e. The fourth-order valence-corrected chi connectivity index (χ4v) is 8.96. The first-order valence-electron chi connectivity index (χ1n) is 16.5. The Kier molecular flexibility index (Phi) is 9.20. The molecule has 3 aromatic carbocycles. The maximum absolute atomic E-state index is 12.5. The van der Waals surface area contributed by atoms with Crippen LogP contribution >= 0.6 is 0 Å². The van der Waals surface area contributed by atoms with Crippen molar-refractivity contribution in [3.05, 3.63) is 89.0 Å². The highest BCUT2D eigenvalue weighted by Crippen LogP contribution is 2.53. The molecule has 1 aliphatic carbocycles. The smallest absolute Gasteiger partial charge is 0.248 e. The number of nitrogens with zero attached hydrogens (tertiary/aromatic N) is 3. The number of rotatable bonds is 9. The highest BCUT2D eigenvalue weighted by Gasteiger charge is 2.50. The van der Waals surface area contributed by atoms with Crippen molar-refractivity contribution >= 4 is 21.4 Å². The van der Waals surface area contributed by atoms with Crippen LogP contribution < -0.4 is 15.4 Å². The summed E-state index contributed by atoms with van der Waals surface area (Å²) in [4.78, 5) is 19.5. The fourth-order valence-electron chi connectivity index (χ4n) is 8.08. The molecule has 2 saturated heterocycles. The van der Waals surface area contributed by atoms with Gasteiger partial charge in [0.25, 0.3) is 0 Å². The Morgan fingerprint density at radius 2 is 1.67 bits per heavy atom. The topological polar surface area (TPSA) is 96.2 Å². The van der Waals surface area contributed by atoms with E-state index in [1.165, 1.54) is 50.2 Å². The molecule has 3 aliphatic rings. The van der Waals surface area contributed by atoms with Gasteiger partial charge in [-0.2, -0.15) is 0 Å². The van der Waals surface area contributed by atoms with Crippen molar-refractivity contribution in [1.29, 1.82) is 0 Å². The van der Waals surface area contributed by atoms with Gasteiger partial charge in [0, 0.05) is 68.9 Å². The first kappa shape index (κ1) is 32.5. The van der Waals surface area contributed by atoms with Crippen LogP contribution in [0.1, 0.15) is 78.5 Å². The van der Waals surface area contributed by atoms with Gasteiger partial charge in [0.15, 0.2) is 9.84 Å². The summed E-state index contributed by atoms with van der Waals surface area (Å²) in [5.74, 6) is 0.439. The first-order valence-corrected chi connectivity index (χ1v) is 18.4. The molecule has 2 N–H and O–H groups in total. The number of carbonyl (C=O) groups excluding carboxylic acids is 1. The van der Waals surface area contributed by atoms with Gasteiger partial charge in [-0.3, -0.25) is 14.6 Å². The van der Waals surface area contributed by atoms with Gasteiger partial charge < -0.3 is 15.4 Å². The van der Waals surface area contributed by atoms with Crippen LogP contribution in [-0.4, -0.2) is 76.3 Å². The molecule has 2 aliphatic heterocycles. The zero-order valence-corrected chi connectivity index (χ0v) is 28.4. The number of ether oxygens (including phenoxy) is 1. The first-order chi connectivity index (χ1) is 22.0. The number of piperidine rings is 1. The van der Waals surface area contributed by atoms with Crippen molar-refractivity contribution in [2.24, 2.45) is 11.1 Å². The van der Waals surface area contributed by atoms with Crippen molar-refractivity contribution in [1.82, 2.24) is 9.80 Å². The van der Waals surface area contributed by atoms with Crippen LogP contribution in [0.2, 0.25) is 0 Å². The van der Waals surface area contributed by atoms with Gasteiger partial charge in [-0.25, -0.2) is 8.42 Å². The van der Waals surface area contributed by atoms with E-state index in [9.17, 15) is 13.2 Å². The molecule has 3 fully saturated rings. The van der Waals surface area contributed by atoms with Crippen molar-refractivity contribution in [2.75, 3.05) is 51.0 Å². The van der Waals surface area contributed by atoms with Crippen molar-refractivity contribution in [2.45, 2.75) is 69.0 Å². The van der Waals surface area contributed by atoms with E-state index in [2.05, 4.69) is 52.8 Å². The zero-order chi connectivity index (χ0) is 32.6. The van der Waals surface area contributed by atoms with Crippen LogP contribution in [0.5, 0.6) is 5.75 Å². The number of methoxy groups -OCH3 is 1. The van der Waals surface area contributed by atoms with Crippen molar-refractivity contribution in [3.63, 3.8) is 0 Å². The number of primary amides is 1. The molecular formula is C37H48N4O4S. The van der Waals surface area contributed by atoms with E-state index in [0.29, 0.717) is 35.2 Å². The van der Waals surface area contributed by atoms with E-state index in [-0.39, 0.29) is 16.8 Å². The zero-order valence-electron chi connectivity index (χ0n) is 27.6. The Morgan fingerprint density at radius 1 is 0.978 bits per heavy atom. The average molecular weight is 645 g/mol. The van der Waals surface area contributed by atoms with Gasteiger partial charge in [0.1, 0.15) is 10.6 Å². The normalized spacial score (nSPS) is 21.0. The summed E-state index contributed by atoms with van der Waals surface area (Å²) < 4.78 is 30.3. The predicted octanol–water partition coefficient (Wildman–Crippen LogP) is 5.63. The van der Waals surface area contributed by atoms with Crippen LogP contribution in [0.25, 0.3) is 0 Å². The van der Waals surface area contributed by atoms with Crippen LogP contribution in [0.15, 0.2) is 71.6 Å². The minimum atomic E-state index is -3.40. The monoisotopic (exact) mass is 644 g/mol. The molecule has 9 heteroatoms. The van der Waals surface area contributed by atoms with Gasteiger partial charge >= 0.3 is 0 Å². The quantitative estimate of drug-likeness (QED) is 0.323. The SMILES string of the molecule is COc1ccc(CN2CCN(C3CC4(CCN(c5ccc(C(N)=O)cc5)CC4)C3)C(c3ccccc3C(C)C)C2)cc1S(C)(=O)=O. The standard InChI is InChI=1S/C37H48N4O4S/c1-26(2)31-7-5-6-8-32(31)33-25-39(24-27-9-14-34(45-3)35(21-27)46(4,43)44)19-20-41(33)30-22-37(23-30)15-17-40(18-16-37)29-12-10-28(11-13-29)36(38)42/h5-14,21,26,30,33H,15-20,22-25H2,1-4H3,(H2,38,42). The van der Waals surface area contributed by atoms with Crippen LogP contribution in [-0.2, 0) is 16.4 Å². The molecule has 0 aromatic heterocycles. The summed E-state index contributed by atoms with van der Waals surface area (Å²) in [5, 5.41) is 0. The summed E-state index contributed by atoms with van der Waals surface area (Å²) in [5.41, 5.74) is 11.4. The Bertz CT molecular complexity index is 1660. The Morgan fingerprint density at radius 3 is 2.30 bits per heavy atom. The third-order valence-electron chi connectivity index (χ3n) is 10.7. The van der Waals surface area contributed by atoms with E-state index in [1.54, 1.807) is 12.1 Å². The Labute approximate surface area is 274 Å². The third kappa shape index (κ3) is 6.68. The average Bonchev–Trinajstić information content (AvgIpc) is 3.03. The molecule has 1 unspecified atom stereocenters. The maximum Gasteiger partial charge on any atom is 0.248 e. The number of anilines is 1. The van der Waals surface area contributed by atoms with Crippen LogP contribution in [0.4, 0.5) is 5.69 Å². The van der Waals surface area contributed by atoms with Crippen LogP contribution in [0, 0.1) is 5.41 Å². The molecule has 246 valence electrons. The lowest BCUT2D eigenvalue weighted by atomic mass is 9.59. The van der Waals surface area contributed by atoms with E-state index >= 15 is 0 Å². The highest BCUT2D eigenvalue weighted by atomic mass is 32.2. The second kappa shape index (κ2) is 13.0. The second-order valence-corrected chi connectivity index (χ2v) is 16.0. The number of amides is 1. The fraction of sp³-hybridized carbons (Fsp3) is 0.486. The molecule has 0 radical (unpaired) electrons. The summed E-state index contributed by atoms with van der Waals surface area (Å²) >= 11 is 0. The molecule has 8 nitrogen and oxygen atoms in total. The molecule has 3 aromatic rings. The van der Waals surface area contributed by atoms with E-state index < -0.39 is 9.84 Å². The lowest BCUT2D eigenvalue weighted by Gasteiger charge is -2.58. The Balaban J connectivity index is 1.16. The number of nitrogens with two attached hydrogens (primary N) is 1. The second-order valence-electron chi connectivity index (χ2n) is 14.0. The summed E-state index contributed by atoms with van der Waals surface area (Å²) in [6.07, 6.45) is 6.09. The number of sulfone groups is 1. The van der Waals surface area contributed by atoms with Gasteiger partial charge in [0.2, 0.25) is 5.91 Å². The van der Waals surface area contributed by atoms with Gasteiger partial charge in [0.05, 0.1) is 7.11 Å². The molecule has 1 amide bonds. The molecule has 1 saturated carbocycles. The highest BCUT2D eigenvalue weighted by molar-refractivity contribution is 7.90. The van der Waals surface area contributed by atoms with Crippen molar-refractivity contribution < 1.29 is 17.9 Å². The third-order valence-corrected chi connectivity index (χ3v) is 11.8. The summed E-state index contributed by atoms with van der Waals surface area (Å²) in [6.45, 7) is 10.2. The van der Waals surface area contributed by atoms with Gasteiger partial charge in [-0.15, -0.1) is 0 Å². The number of benzene rings is 3. The molecular weight excluding hydrogens is 596 g/mol. The van der Waals surface area contributed by atoms with Gasteiger partial charge in [-0.05, 0) is 90.1 Å². The molecule has 46 heavy (non-hydrogen) atoms. The number of carbonyl (C=O) groups is 1. The summed E-state index contributed by atoms with van der Waals surface area (Å²) in [6, 6.07) is 23.0. The largest absolute Gasteiger partial charge is 0.495 e. The molecule has 2 heterocycles. The van der Waals surface area contributed by atoms with Crippen molar-refractivity contribution in [3.8, 4) is 5.75 Å². The van der Waals surface area contributed by atoms with E-state index in [4.69, 9.17) is 10.5 Å². The Hall–Kier alpha value is -3.40.